The number of rotatable bonds is 5. The first-order chi connectivity index (χ1) is 15.1. The van der Waals surface area contributed by atoms with Crippen LogP contribution in [-0.2, 0) is 4.79 Å². The lowest BCUT2D eigenvalue weighted by Crippen LogP contribution is -2.48. The largest absolute Gasteiger partial charge is 0.366 e. The molecule has 1 aliphatic rings. The number of nitrogens with zero attached hydrogens (tertiary/aromatic N) is 2. The number of carbonyl (C=O) groups excluding carboxylic acids is 1. The van der Waals surface area contributed by atoms with Gasteiger partial charge in [0, 0.05) is 23.5 Å². The normalized spacial score (nSPS) is 17.5. The van der Waals surface area contributed by atoms with Crippen LogP contribution in [0.1, 0.15) is 74.3 Å². The maximum atomic E-state index is 12.9. The van der Waals surface area contributed by atoms with E-state index in [2.05, 4.69) is 63.0 Å². The van der Waals surface area contributed by atoms with Crippen LogP contribution in [0.15, 0.2) is 35.9 Å². The lowest BCUT2D eigenvalue weighted by Gasteiger charge is -2.48. The Labute approximate surface area is 192 Å². The predicted molar refractivity (Wildman–Crippen MR) is 134 cm³/mol. The zero-order chi connectivity index (χ0) is 23.6. The van der Waals surface area contributed by atoms with E-state index in [9.17, 15) is 10.1 Å². The van der Waals surface area contributed by atoms with Crippen LogP contribution in [0.3, 0.4) is 0 Å². The van der Waals surface area contributed by atoms with Crippen molar-refractivity contribution in [2.45, 2.75) is 72.8 Å². The molecule has 0 saturated carbocycles. The van der Waals surface area contributed by atoms with Gasteiger partial charge in [-0.25, -0.2) is 0 Å². The van der Waals surface area contributed by atoms with Crippen LogP contribution in [0.2, 0.25) is 0 Å². The van der Waals surface area contributed by atoms with Crippen LogP contribution in [0.4, 0.5) is 11.4 Å². The molecule has 1 aliphatic heterocycles. The summed E-state index contributed by atoms with van der Waals surface area (Å²) in [6.07, 6.45) is 3.90. The summed E-state index contributed by atoms with van der Waals surface area (Å²) in [4.78, 5) is 15.4. The highest BCUT2D eigenvalue weighted by Crippen LogP contribution is 2.44. The first-order valence-electron chi connectivity index (χ1n) is 11.5. The third-order valence-electron chi connectivity index (χ3n) is 6.74. The number of anilines is 2. The summed E-state index contributed by atoms with van der Waals surface area (Å²) in [5.74, 6) is 0.0373. The molecule has 168 valence electrons. The minimum absolute atomic E-state index is 0.107. The van der Waals surface area contributed by atoms with E-state index >= 15 is 0 Å². The number of nitriles is 1. The summed E-state index contributed by atoms with van der Waals surface area (Å²) in [5.41, 5.74) is 7.65. The van der Waals surface area contributed by atoms with Crippen molar-refractivity contribution >= 4 is 23.4 Å². The monoisotopic (exact) mass is 429 g/mol. The summed E-state index contributed by atoms with van der Waals surface area (Å²) in [7, 11) is 0. The first-order valence-corrected chi connectivity index (χ1v) is 11.5. The molecule has 0 saturated heterocycles. The fourth-order valence-corrected chi connectivity index (χ4v) is 4.83. The standard InChI is InChI=1S/C28H35N3O/c1-8-12-31-26-13-19(3)22(15-24(26)20(4)16-28(31,6)7)14-23(17-29)27(32)30-25-11-9-10-18(2)21(25)5/h9-11,13-15,20H,8,12,16H2,1-7H3,(H,30,32)/b23-14+. The maximum Gasteiger partial charge on any atom is 0.266 e. The van der Waals surface area contributed by atoms with Crippen LogP contribution in [-0.4, -0.2) is 18.0 Å². The molecule has 2 aromatic rings. The lowest BCUT2D eigenvalue weighted by molar-refractivity contribution is -0.112. The van der Waals surface area contributed by atoms with Crippen molar-refractivity contribution in [3.8, 4) is 6.07 Å². The quantitative estimate of drug-likeness (QED) is 0.427. The smallest absolute Gasteiger partial charge is 0.266 e. The molecular formula is C28H35N3O. The van der Waals surface area contributed by atoms with Gasteiger partial charge < -0.3 is 10.2 Å². The van der Waals surface area contributed by atoms with E-state index in [-0.39, 0.29) is 17.0 Å². The van der Waals surface area contributed by atoms with E-state index < -0.39 is 0 Å². The lowest BCUT2D eigenvalue weighted by atomic mass is 9.78. The average molecular weight is 430 g/mol. The Balaban J connectivity index is 1.99. The van der Waals surface area contributed by atoms with Gasteiger partial charge in [0.15, 0.2) is 0 Å². The van der Waals surface area contributed by atoms with Gasteiger partial charge in [0.05, 0.1) is 0 Å². The second-order valence-electron chi connectivity index (χ2n) is 9.71. The molecule has 0 aliphatic carbocycles. The zero-order valence-electron chi connectivity index (χ0n) is 20.5. The van der Waals surface area contributed by atoms with E-state index in [0.29, 0.717) is 5.92 Å². The molecule has 1 N–H and O–H groups in total. The molecule has 0 radical (unpaired) electrons. The number of fused-ring (bicyclic) bond motifs is 1. The van der Waals surface area contributed by atoms with Crippen molar-refractivity contribution in [1.29, 1.82) is 5.26 Å². The van der Waals surface area contributed by atoms with Crippen molar-refractivity contribution in [1.82, 2.24) is 0 Å². The number of amides is 1. The van der Waals surface area contributed by atoms with Crippen LogP contribution in [0, 0.1) is 32.1 Å². The summed E-state index contributed by atoms with van der Waals surface area (Å²) in [6, 6.07) is 12.3. The Morgan fingerprint density at radius 3 is 2.62 bits per heavy atom. The number of benzene rings is 2. The second-order valence-corrected chi connectivity index (χ2v) is 9.71. The molecule has 32 heavy (non-hydrogen) atoms. The number of hydrogen-bond acceptors (Lipinski definition) is 3. The Morgan fingerprint density at radius 1 is 1.25 bits per heavy atom. The van der Waals surface area contributed by atoms with Gasteiger partial charge in [-0.2, -0.15) is 5.26 Å². The van der Waals surface area contributed by atoms with Crippen molar-refractivity contribution in [3.63, 3.8) is 0 Å². The molecule has 2 aromatic carbocycles. The number of aryl methyl sites for hydroxylation is 2. The molecule has 0 aromatic heterocycles. The second kappa shape index (κ2) is 9.20. The summed E-state index contributed by atoms with van der Waals surface area (Å²) in [5, 5.41) is 12.6. The van der Waals surface area contributed by atoms with Crippen molar-refractivity contribution in [2.75, 3.05) is 16.8 Å². The summed E-state index contributed by atoms with van der Waals surface area (Å²) >= 11 is 0. The third-order valence-corrected chi connectivity index (χ3v) is 6.74. The van der Waals surface area contributed by atoms with Crippen molar-refractivity contribution < 1.29 is 4.79 Å². The molecule has 0 bridgehead atoms. The highest BCUT2D eigenvalue weighted by Gasteiger charge is 2.36. The fraction of sp³-hybridized carbons (Fsp3) is 0.429. The van der Waals surface area contributed by atoms with Gasteiger partial charge in [0.25, 0.3) is 5.91 Å². The minimum atomic E-state index is -0.375. The van der Waals surface area contributed by atoms with Gasteiger partial charge in [-0.05, 0) is 105 Å². The predicted octanol–water partition coefficient (Wildman–Crippen LogP) is 6.66. The van der Waals surface area contributed by atoms with Gasteiger partial charge in [-0.15, -0.1) is 0 Å². The zero-order valence-corrected chi connectivity index (χ0v) is 20.5. The Bertz CT molecular complexity index is 1100. The molecule has 1 atom stereocenters. The molecule has 0 spiro atoms. The van der Waals surface area contributed by atoms with Crippen LogP contribution in [0.5, 0.6) is 0 Å². The molecule has 1 unspecified atom stereocenters. The first kappa shape index (κ1) is 23.6. The number of nitrogens with one attached hydrogen (secondary N) is 1. The molecular weight excluding hydrogens is 394 g/mol. The van der Waals surface area contributed by atoms with Gasteiger partial charge in [0.2, 0.25) is 0 Å². The van der Waals surface area contributed by atoms with Crippen molar-refractivity contribution in [2.24, 2.45) is 0 Å². The average Bonchev–Trinajstić information content (AvgIpc) is 2.72. The van der Waals surface area contributed by atoms with E-state index in [4.69, 9.17) is 0 Å². The Kier molecular flexibility index (Phi) is 6.79. The van der Waals surface area contributed by atoms with Crippen LogP contribution >= 0.6 is 0 Å². The number of hydrogen-bond donors (Lipinski definition) is 1. The van der Waals surface area contributed by atoms with Gasteiger partial charge in [0.1, 0.15) is 11.6 Å². The molecule has 4 nitrogen and oxygen atoms in total. The SMILES string of the molecule is CCCN1c2cc(C)c(/C=C(\C#N)C(=O)Nc3cccc(C)c3C)cc2C(C)CC1(C)C. The maximum absolute atomic E-state index is 12.9. The Morgan fingerprint density at radius 2 is 1.97 bits per heavy atom. The van der Waals surface area contributed by atoms with E-state index in [1.807, 2.05) is 32.0 Å². The van der Waals surface area contributed by atoms with E-state index in [0.717, 1.165) is 47.3 Å². The Hall–Kier alpha value is -3.06. The topological polar surface area (TPSA) is 56.1 Å². The highest BCUT2D eigenvalue weighted by atomic mass is 16.1. The van der Waals surface area contributed by atoms with Gasteiger partial charge in [-0.3, -0.25) is 4.79 Å². The van der Waals surface area contributed by atoms with Gasteiger partial charge >= 0.3 is 0 Å². The molecule has 3 rings (SSSR count). The molecule has 1 heterocycles. The van der Waals surface area contributed by atoms with Crippen LogP contribution in [0.25, 0.3) is 6.08 Å². The van der Waals surface area contributed by atoms with Gasteiger partial charge in [-0.1, -0.05) is 26.0 Å². The van der Waals surface area contributed by atoms with E-state index in [1.54, 1.807) is 6.08 Å². The number of carbonyl (C=O) groups is 1. The third kappa shape index (κ3) is 4.58. The fourth-order valence-electron chi connectivity index (χ4n) is 4.83. The molecule has 4 heteroatoms. The summed E-state index contributed by atoms with van der Waals surface area (Å²) in [6.45, 7) is 16.2. The van der Waals surface area contributed by atoms with E-state index in [1.165, 1.54) is 11.3 Å². The molecule has 0 fully saturated rings. The molecule has 1 amide bonds. The highest BCUT2D eigenvalue weighted by molar-refractivity contribution is 6.10. The summed E-state index contributed by atoms with van der Waals surface area (Å²) < 4.78 is 0. The van der Waals surface area contributed by atoms with Crippen LogP contribution < -0.4 is 10.2 Å². The van der Waals surface area contributed by atoms with Crippen molar-refractivity contribution in [3.05, 3.63) is 63.7 Å². The minimum Gasteiger partial charge on any atom is -0.366 e.